The highest BCUT2D eigenvalue weighted by Gasteiger charge is 2.24. The molecule has 6 heteroatoms. The fourth-order valence-electron chi connectivity index (χ4n) is 8.83. The van der Waals surface area contributed by atoms with Crippen LogP contribution in [0.2, 0.25) is 0 Å². The van der Waals surface area contributed by atoms with Gasteiger partial charge in [-0.05, 0) is 89.5 Å². The van der Waals surface area contributed by atoms with Gasteiger partial charge in [-0.2, -0.15) is 0 Å². The van der Waals surface area contributed by atoms with E-state index in [4.69, 9.17) is 23.8 Å². The van der Waals surface area contributed by atoms with Crippen molar-refractivity contribution in [3.8, 4) is 34.2 Å². The van der Waals surface area contributed by atoms with Gasteiger partial charge >= 0.3 is 0 Å². The molecule has 0 saturated carbocycles. The fourth-order valence-corrected chi connectivity index (χ4v) is 8.83. The van der Waals surface area contributed by atoms with Crippen LogP contribution in [0.4, 0.5) is 11.4 Å². The van der Waals surface area contributed by atoms with E-state index in [0.29, 0.717) is 17.5 Å². The number of nitrogens with zero attached hydrogens (tertiary/aromatic N) is 4. The highest BCUT2D eigenvalue weighted by molar-refractivity contribution is 6.15. The van der Waals surface area contributed by atoms with Crippen molar-refractivity contribution in [2.45, 2.75) is 12.3 Å². The number of benzene rings is 8. The van der Waals surface area contributed by atoms with Gasteiger partial charge in [-0.1, -0.05) is 133 Å². The molecule has 288 valence electrons. The van der Waals surface area contributed by atoms with Gasteiger partial charge in [0.1, 0.15) is 22.3 Å². The van der Waals surface area contributed by atoms with Crippen LogP contribution in [0.15, 0.2) is 215 Å². The van der Waals surface area contributed by atoms with Gasteiger partial charge in [0.2, 0.25) is 0 Å². The third kappa shape index (κ3) is 6.16. The normalized spacial score (nSPS) is 14.0. The molecule has 1 aliphatic carbocycles. The average molecular weight is 785 g/mol. The fraction of sp³-hybridized carbons (Fsp3) is 0.0364. The van der Waals surface area contributed by atoms with Crippen molar-refractivity contribution in [2.24, 2.45) is 0 Å². The quantitative estimate of drug-likeness (QED) is 0.160. The number of fused-ring (bicyclic) bond motifs is 7. The first-order valence-electron chi connectivity index (χ1n) is 20.6. The molecule has 3 aromatic heterocycles. The monoisotopic (exact) mass is 784 g/mol. The molecular weight excluding hydrogens is 749 g/mol. The average Bonchev–Trinajstić information content (AvgIpc) is 3.89. The molecule has 12 rings (SSSR count). The first kappa shape index (κ1) is 34.9. The SMILES string of the molecule is C1=CC(c2cc(-c3nc(-c4ccccc4)nc(-c4ccccc4)n3)c3c(c2)oc2cc4ccccc4cc23)CC=C1N(c1ccccc1)c1ccc2oc3ccccc3c2c1. The Morgan fingerprint density at radius 2 is 1.08 bits per heavy atom. The second kappa shape index (κ2) is 14.3. The lowest BCUT2D eigenvalue weighted by Crippen LogP contribution is -2.17. The van der Waals surface area contributed by atoms with Crippen LogP contribution in [0.1, 0.15) is 17.9 Å². The molecule has 0 bridgehead atoms. The minimum atomic E-state index is 0.0705. The molecule has 61 heavy (non-hydrogen) atoms. The van der Waals surface area contributed by atoms with E-state index in [-0.39, 0.29) is 5.92 Å². The van der Waals surface area contributed by atoms with E-state index < -0.39 is 0 Å². The van der Waals surface area contributed by atoms with Gasteiger partial charge < -0.3 is 13.7 Å². The molecule has 1 unspecified atom stereocenters. The Kier molecular flexibility index (Phi) is 8.20. The summed E-state index contributed by atoms with van der Waals surface area (Å²) in [6, 6.07) is 62.8. The van der Waals surface area contributed by atoms with Crippen LogP contribution in [0, 0.1) is 0 Å². The Morgan fingerprint density at radius 3 is 1.80 bits per heavy atom. The minimum absolute atomic E-state index is 0.0705. The molecule has 1 aliphatic rings. The van der Waals surface area contributed by atoms with E-state index in [2.05, 4.69) is 132 Å². The van der Waals surface area contributed by atoms with Crippen LogP contribution in [0.3, 0.4) is 0 Å². The van der Waals surface area contributed by atoms with E-state index >= 15 is 0 Å². The van der Waals surface area contributed by atoms with Gasteiger partial charge in [0.05, 0.1) is 0 Å². The lowest BCUT2D eigenvalue weighted by atomic mass is 9.88. The van der Waals surface area contributed by atoms with Crippen LogP contribution >= 0.6 is 0 Å². The number of aromatic nitrogens is 3. The van der Waals surface area contributed by atoms with Crippen molar-refractivity contribution in [3.05, 3.63) is 211 Å². The molecule has 0 aliphatic heterocycles. The van der Waals surface area contributed by atoms with Crippen molar-refractivity contribution in [3.63, 3.8) is 0 Å². The summed E-state index contributed by atoms with van der Waals surface area (Å²) in [7, 11) is 0. The summed E-state index contributed by atoms with van der Waals surface area (Å²) in [6.07, 6.45) is 7.69. The second-order valence-corrected chi connectivity index (χ2v) is 15.6. The Morgan fingerprint density at radius 1 is 0.459 bits per heavy atom. The zero-order valence-electron chi connectivity index (χ0n) is 32.9. The van der Waals surface area contributed by atoms with E-state index in [1.807, 2.05) is 72.8 Å². The number of hydrogen-bond donors (Lipinski definition) is 0. The van der Waals surface area contributed by atoms with Gasteiger partial charge in [-0.25, -0.2) is 15.0 Å². The molecule has 0 fully saturated rings. The van der Waals surface area contributed by atoms with E-state index in [1.165, 1.54) is 0 Å². The van der Waals surface area contributed by atoms with Gasteiger partial charge in [-0.3, -0.25) is 0 Å². The minimum Gasteiger partial charge on any atom is -0.456 e. The highest BCUT2D eigenvalue weighted by Crippen LogP contribution is 2.43. The maximum Gasteiger partial charge on any atom is 0.164 e. The van der Waals surface area contributed by atoms with E-state index in [0.717, 1.165) is 100 Å². The van der Waals surface area contributed by atoms with Gasteiger partial charge in [-0.15, -0.1) is 0 Å². The molecule has 1 atom stereocenters. The third-order valence-electron chi connectivity index (χ3n) is 11.8. The summed E-state index contributed by atoms with van der Waals surface area (Å²) in [5.74, 6) is 1.91. The third-order valence-corrected chi connectivity index (χ3v) is 11.8. The van der Waals surface area contributed by atoms with Crippen molar-refractivity contribution < 1.29 is 8.83 Å². The van der Waals surface area contributed by atoms with Crippen molar-refractivity contribution in [2.75, 3.05) is 4.90 Å². The van der Waals surface area contributed by atoms with Gasteiger partial charge in [0, 0.05) is 61.2 Å². The zero-order valence-corrected chi connectivity index (χ0v) is 32.9. The first-order chi connectivity index (χ1) is 30.2. The van der Waals surface area contributed by atoms with Crippen molar-refractivity contribution >= 4 is 66.0 Å². The molecule has 0 saturated heterocycles. The molecule has 11 aromatic rings. The van der Waals surface area contributed by atoms with Gasteiger partial charge in [0.15, 0.2) is 17.5 Å². The molecule has 0 amide bonds. The van der Waals surface area contributed by atoms with Crippen molar-refractivity contribution in [1.82, 2.24) is 15.0 Å². The lowest BCUT2D eigenvalue weighted by molar-refractivity contribution is 0.667. The molecular formula is C55H36N4O2. The molecule has 0 N–H and O–H groups in total. The number of furan rings is 2. The predicted octanol–water partition coefficient (Wildman–Crippen LogP) is 14.6. The van der Waals surface area contributed by atoms with Crippen LogP contribution < -0.4 is 4.90 Å². The molecule has 8 aromatic carbocycles. The topological polar surface area (TPSA) is 68.2 Å². The van der Waals surface area contributed by atoms with Crippen LogP contribution in [-0.4, -0.2) is 15.0 Å². The summed E-state index contributed by atoms with van der Waals surface area (Å²) in [5, 5.41) is 6.49. The Labute approximate surface area is 351 Å². The van der Waals surface area contributed by atoms with Gasteiger partial charge in [0.25, 0.3) is 0 Å². The second-order valence-electron chi connectivity index (χ2n) is 15.6. The summed E-state index contributed by atoms with van der Waals surface area (Å²) < 4.78 is 13.0. The van der Waals surface area contributed by atoms with Crippen LogP contribution in [0.5, 0.6) is 0 Å². The zero-order chi connectivity index (χ0) is 40.3. The van der Waals surface area contributed by atoms with Crippen LogP contribution in [-0.2, 0) is 0 Å². The molecule has 0 spiro atoms. The number of hydrogen-bond acceptors (Lipinski definition) is 6. The summed E-state index contributed by atoms with van der Waals surface area (Å²) in [4.78, 5) is 17.8. The number of allylic oxidation sites excluding steroid dienone is 3. The maximum absolute atomic E-state index is 6.79. The van der Waals surface area contributed by atoms with Crippen LogP contribution in [0.25, 0.3) is 88.8 Å². The summed E-state index contributed by atoms with van der Waals surface area (Å²) >= 11 is 0. The largest absolute Gasteiger partial charge is 0.456 e. The Balaban J connectivity index is 1.00. The number of para-hydroxylation sites is 2. The van der Waals surface area contributed by atoms with Crippen molar-refractivity contribution in [1.29, 1.82) is 0 Å². The standard InChI is InChI=1S/C55H36N4O2/c1-4-14-36(15-5-1)53-56-54(37-16-6-2-7-17-37)58-55(57-53)47-31-40(33-51-52(47)46-30-38-18-10-11-19-39(38)32-50(46)61-51)35-24-26-42(27-25-35)59(41-20-8-3-9-21-41)43-28-29-49-45(34-43)44-22-12-13-23-48(44)60-49/h1-24,26-35H,25H2. The summed E-state index contributed by atoms with van der Waals surface area (Å²) in [5.41, 5.74) is 10.5. The smallest absolute Gasteiger partial charge is 0.164 e. The van der Waals surface area contributed by atoms with E-state index in [1.54, 1.807) is 0 Å². The molecule has 0 radical (unpaired) electrons. The first-order valence-corrected chi connectivity index (χ1v) is 20.6. The highest BCUT2D eigenvalue weighted by atomic mass is 16.3. The Hall–Kier alpha value is -8.09. The Bertz CT molecular complexity index is 3460. The lowest BCUT2D eigenvalue weighted by Gasteiger charge is -2.29. The molecule has 3 heterocycles. The molecule has 6 nitrogen and oxygen atoms in total. The van der Waals surface area contributed by atoms with E-state index in [9.17, 15) is 0 Å². The predicted molar refractivity (Wildman–Crippen MR) is 248 cm³/mol. The summed E-state index contributed by atoms with van der Waals surface area (Å²) in [6.45, 7) is 0. The number of rotatable bonds is 7. The maximum atomic E-state index is 6.79. The number of anilines is 2.